The zero-order chi connectivity index (χ0) is 14.5. The predicted molar refractivity (Wildman–Crippen MR) is 81.0 cm³/mol. The fraction of sp³-hybridized carbons (Fsp3) is 0.438. The van der Waals surface area contributed by atoms with Crippen LogP contribution in [-0.4, -0.2) is 27.5 Å². The number of phenolic OH excluding ortho intramolecular Hbond substituents is 1. The number of hydrogen-bond acceptors (Lipinski definition) is 3. The van der Waals surface area contributed by atoms with Gasteiger partial charge in [-0.25, -0.2) is 0 Å². The van der Waals surface area contributed by atoms with Crippen molar-refractivity contribution in [1.82, 2.24) is 15.1 Å². The zero-order valence-electron chi connectivity index (χ0n) is 12.4. The standard InChI is InChI=1S/C16H23N3O/c1-12-10-14(3)19(18-12)11-13(2)17-9-8-15-4-6-16(20)7-5-15/h4-7,10,13,17,20H,8-9,11H2,1-3H3. The lowest BCUT2D eigenvalue weighted by molar-refractivity contribution is 0.447. The van der Waals surface area contributed by atoms with E-state index in [1.165, 1.54) is 11.3 Å². The highest BCUT2D eigenvalue weighted by Gasteiger charge is 2.06. The first-order chi connectivity index (χ1) is 9.54. The van der Waals surface area contributed by atoms with Gasteiger partial charge in [0, 0.05) is 11.7 Å². The minimum Gasteiger partial charge on any atom is -0.508 e. The Labute approximate surface area is 120 Å². The van der Waals surface area contributed by atoms with Gasteiger partial charge in [0.25, 0.3) is 0 Å². The number of hydrogen-bond donors (Lipinski definition) is 2. The smallest absolute Gasteiger partial charge is 0.115 e. The van der Waals surface area contributed by atoms with E-state index in [0.29, 0.717) is 11.8 Å². The Morgan fingerprint density at radius 2 is 1.95 bits per heavy atom. The van der Waals surface area contributed by atoms with Crippen molar-refractivity contribution < 1.29 is 5.11 Å². The van der Waals surface area contributed by atoms with Crippen LogP contribution in [0.4, 0.5) is 0 Å². The van der Waals surface area contributed by atoms with E-state index in [1.807, 2.05) is 23.7 Å². The van der Waals surface area contributed by atoms with Crippen molar-refractivity contribution in [2.45, 2.75) is 39.8 Å². The summed E-state index contributed by atoms with van der Waals surface area (Å²) in [6.07, 6.45) is 0.960. The average Bonchev–Trinajstić information content (AvgIpc) is 2.70. The summed E-state index contributed by atoms with van der Waals surface area (Å²) in [5.41, 5.74) is 3.50. The second-order valence-electron chi connectivity index (χ2n) is 5.38. The lowest BCUT2D eigenvalue weighted by Crippen LogP contribution is -2.32. The minimum absolute atomic E-state index is 0.319. The van der Waals surface area contributed by atoms with Crippen molar-refractivity contribution in [1.29, 1.82) is 0 Å². The summed E-state index contributed by atoms with van der Waals surface area (Å²) in [4.78, 5) is 0. The Morgan fingerprint density at radius 3 is 2.55 bits per heavy atom. The monoisotopic (exact) mass is 273 g/mol. The third kappa shape index (κ3) is 4.10. The number of nitrogens with zero attached hydrogens (tertiary/aromatic N) is 2. The molecule has 1 aromatic heterocycles. The Balaban J connectivity index is 1.76. The molecule has 2 aromatic rings. The van der Waals surface area contributed by atoms with Gasteiger partial charge >= 0.3 is 0 Å². The van der Waals surface area contributed by atoms with E-state index < -0.39 is 0 Å². The number of aromatic nitrogens is 2. The van der Waals surface area contributed by atoms with E-state index in [-0.39, 0.29) is 0 Å². The van der Waals surface area contributed by atoms with Crippen LogP contribution in [0, 0.1) is 13.8 Å². The van der Waals surface area contributed by atoms with Gasteiger partial charge in [-0.2, -0.15) is 5.10 Å². The van der Waals surface area contributed by atoms with Crippen LogP contribution in [0.15, 0.2) is 30.3 Å². The molecule has 4 heteroatoms. The van der Waals surface area contributed by atoms with E-state index in [4.69, 9.17) is 0 Å². The SMILES string of the molecule is Cc1cc(C)n(CC(C)NCCc2ccc(O)cc2)n1. The number of rotatable bonds is 6. The predicted octanol–water partition coefficient (Wildman–Crippen LogP) is 2.43. The van der Waals surface area contributed by atoms with Crippen molar-refractivity contribution in [3.8, 4) is 5.75 Å². The molecule has 20 heavy (non-hydrogen) atoms. The molecule has 0 radical (unpaired) electrons. The van der Waals surface area contributed by atoms with Crippen LogP contribution in [0.3, 0.4) is 0 Å². The molecule has 1 aromatic carbocycles. The first-order valence-corrected chi connectivity index (χ1v) is 7.07. The van der Waals surface area contributed by atoms with Gasteiger partial charge in [-0.3, -0.25) is 4.68 Å². The van der Waals surface area contributed by atoms with Crippen LogP contribution in [-0.2, 0) is 13.0 Å². The maximum atomic E-state index is 9.24. The summed E-state index contributed by atoms with van der Waals surface area (Å²) in [5, 5.41) is 17.2. The Bertz CT molecular complexity index is 545. The molecular weight excluding hydrogens is 250 g/mol. The molecule has 1 heterocycles. The van der Waals surface area contributed by atoms with Gasteiger partial charge in [0.2, 0.25) is 0 Å². The van der Waals surface area contributed by atoms with Crippen molar-refractivity contribution in [3.05, 3.63) is 47.3 Å². The summed E-state index contributed by atoms with van der Waals surface area (Å²) < 4.78 is 2.05. The van der Waals surface area contributed by atoms with Gasteiger partial charge in [-0.1, -0.05) is 12.1 Å². The van der Waals surface area contributed by atoms with Crippen LogP contribution >= 0.6 is 0 Å². The molecule has 1 atom stereocenters. The summed E-state index contributed by atoms with van der Waals surface area (Å²) >= 11 is 0. The highest BCUT2D eigenvalue weighted by atomic mass is 16.3. The summed E-state index contributed by atoms with van der Waals surface area (Å²) in [7, 11) is 0. The number of aromatic hydroxyl groups is 1. The Morgan fingerprint density at radius 1 is 1.25 bits per heavy atom. The maximum Gasteiger partial charge on any atom is 0.115 e. The molecule has 0 fully saturated rings. The van der Waals surface area contributed by atoms with Crippen LogP contribution in [0.5, 0.6) is 5.75 Å². The van der Waals surface area contributed by atoms with Crippen molar-refractivity contribution in [2.75, 3.05) is 6.54 Å². The molecule has 108 valence electrons. The van der Waals surface area contributed by atoms with E-state index in [9.17, 15) is 5.11 Å². The van der Waals surface area contributed by atoms with Crippen LogP contribution in [0.25, 0.3) is 0 Å². The molecular formula is C16H23N3O. The minimum atomic E-state index is 0.319. The number of phenols is 1. The molecule has 0 saturated carbocycles. The van der Waals surface area contributed by atoms with Gasteiger partial charge in [-0.15, -0.1) is 0 Å². The molecule has 4 nitrogen and oxygen atoms in total. The van der Waals surface area contributed by atoms with Crippen LogP contribution in [0.1, 0.15) is 23.9 Å². The fourth-order valence-electron chi connectivity index (χ4n) is 2.31. The molecule has 2 N–H and O–H groups in total. The van der Waals surface area contributed by atoms with Gasteiger partial charge in [-0.05, 0) is 57.5 Å². The molecule has 2 rings (SSSR count). The molecule has 0 aliphatic carbocycles. The van der Waals surface area contributed by atoms with Gasteiger partial charge in [0.15, 0.2) is 0 Å². The van der Waals surface area contributed by atoms with Crippen molar-refractivity contribution in [3.63, 3.8) is 0 Å². The molecule has 0 aliphatic heterocycles. The van der Waals surface area contributed by atoms with Crippen molar-refractivity contribution in [2.24, 2.45) is 0 Å². The van der Waals surface area contributed by atoms with E-state index in [0.717, 1.165) is 25.2 Å². The van der Waals surface area contributed by atoms with Crippen LogP contribution < -0.4 is 5.32 Å². The molecule has 1 unspecified atom stereocenters. The molecule has 0 spiro atoms. The highest BCUT2D eigenvalue weighted by molar-refractivity contribution is 5.25. The molecule has 0 aliphatic rings. The lowest BCUT2D eigenvalue weighted by atomic mass is 10.1. The lowest BCUT2D eigenvalue weighted by Gasteiger charge is -2.15. The van der Waals surface area contributed by atoms with Gasteiger partial charge < -0.3 is 10.4 Å². The summed E-state index contributed by atoms with van der Waals surface area (Å²) in [6.45, 7) is 8.09. The second-order valence-corrected chi connectivity index (χ2v) is 5.38. The van der Waals surface area contributed by atoms with E-state index in [2.05, 4.69) is 30.3 Å². The third-order valence-corrected chi connectivity index (χ3v) is 3.39. The average molecular weight is 273 g/mol. The Kier molecular flexibility index (Phi) is 4.79. The van der Waals surface area contributed by atoms with Crippen molar-refractivity contribution >= 4 is 0 Å². The largest absolute Gasteiger partial charge is 0.508 e. The summed E-state index contributed by atoms with van der Waals surface area (Å²) in [6, 6.07) is 9.86. The topological polar surface area (TPSA) is 50.1 Å². The number of aryl methyl sites for hydroxylation is 2. The van der Waals surface area contributed by atoms with E-state index >= 15 is 0 Å². The number of benzene rings is 1. The van der Waals surface area contributed by atoms with Crippen LogP contribution in [0.2, 0.25) is 0 Å². The maximum absolute atomic E-state index is 9.24. The molecule has 0 amide bonds. The normalized spacial score (nSPS) is 12.6. The first-order valence-electron chi connectivity index (χ1n) is 7.07. The van der Waals surface area contributed by atoms with Gasteiger partial charge in [0.1, 0.15) is 5.75 Å². The highest BCUT2D eigenvalue weighted by Crippen LogP contribution is 2.09. The molecule has 0 saturated heterocycles. The summed E-state index contributed by atoms with van der Waals surface area (Å²) in [5.74, 6) is 0.319. The quantitative estimate of drug-likeness (QED) is 0.850. The number of nitrogens with one attached hydrogen (secondary N) is 1. The van der Waals surface area contributed by atoms with Gasteiger partial charge in [0.05, 0.1) is 12.2 Å². The third-order valence-electron chi connectivity index (χ3n) is 3.39. The fourth-order valence-corrected chi connectivity index (χ4v) is 2.31. The Hall–Kier alpha value is -1.81. The first kappa shape index (κ1) is 14.6. The van der Waals surface area contributed by atoms with E-state index in [1.54, 1.807) is 12.1 Å². The second kappa shape index (κ2) is 6.57. The molecule has 0 bridgehead atoms. The zero-order valence-corrected chi connectivity index (χ0v) is 12.4.